The predicted molar refractivity (Wildman–Crippen MR) is 121 cm³/mol. The normalized spacial score (nSPS) is 12.9. The molecular weight excluding hydrogens is 457 g/mol. The van der Waals surface area contributed by atoms with Crippen LogP contribution in [0.1, 0.15) is 23.7 Å². The van der Waals surface area contributed by atoms with Gasteiger partial charge >= 0.3 is 0 Å². The van der Waals surface area contributed by atoms with Crippen LogP contribution < -0.4 is 19.6 Å². The van der Waals surface area contributed by atoms with Gasteiger partial charge < -0.3 is 18.7 Å². The van der Waals surface area contributed by atoms with Crippen LogP contribution in [0.5, 0.6) is 17.2 Å². The number of hydrogen-bond acceptors (Lipinski definition) is 9. The smallest absolute Gasteiger partial charge is 0.264 e. The molecular formula is C21H26NO8PS. The van der Waals surface area contributed by atoms with Crippen LogP contribution in [0.3, 0.4) is 0 Å². The van der Waals surface area contributed by atoms with Gasteiger partial charge in [0.05, 0.1) is 39.9 Å². The van der Waals surface area contributed by atoms with Crippen LogP contribution in [0, 0.1) is 11.8 Å². The molecule has 0 amide bonds. The predicted octanol–water partition coefficient (Wildman–Crippen LogP) is 2.55. The highest BCUT2D eigenvalue weighted by Gasteiger charge is 2.22. The van der Waals surface area contributed by atoms with Gasteiger partial charge in [-0.2, -0.15) is 8.42 Å². The zero-order valence-electron chi connectivity index (χ0n) is 18.8. The number of nitrogens with zero attached hydrogens (tertiary/aromatic N) is 1. The summed E-state index contributed by atoms with van der Waals surface area (Å²) in [7, 11) is -2.42. The lowest BCUT2D eigenvalue weighted by atomic mass is 10.1. The molecule has 9 nitrogen and oxygen atoms in total. The minimum atomic E-state index is -3.69. The summed E-state index contributed by atoms with van der Waals surface area (Å²) >= 11 is 0. The highest BCUT2D eigenvalue weighted by Crippen LogP contribution is 2.40. The summed E-state index contributed by atoms with van der Waals surface area (Å²) in [6.45, 7) is 3.05. The van der Waals surface area contributed by atoms with E-state index >= 15 is 0 Å². The molecule has 0 aliphatic heterocycles. The largest absolute Gasteiger partial charge is 0.496 e. The molecule has 0 radical (unpaired) electrons. The number of rotatable bonds is 9. The number of aromatic nitrogens is 1. The van der Waals surface area contributed by atoms with Crippen molar-refractivity contribution >= 4 is 22.9 Å². The Morgan fingerprint density at radius 2 is 1.62 bits per heavy atom. The molecule has 1 unspecified atom stereocenters. The van der Waals surface area contributed by atoms with Crippen molar-refractivity contribution in [2.24, 2.45) is 0 Å². The van der Waals surface area contributed by atoms with E-state index in [2.05, 4.69) is 16.8 Å². The molecule has 0 aliphatic rings. The monoisotopic (exact) mass is 483 g/mol. The summed E-state index contributed by atoms with van der Waals surface area (Å²) in [5.41, 5.74) is 1.32. The fraction of sp³-hybridized carbons (Fsp3) is 0.381. The molecule has 11 heteroatoms. The molecule has 32 heavy (non-hydrogen) atoms. The first kappa shape index (κ1) is 25.7. The summed E-state index contributed by atoms with van der Waals surface area (Å²) in [6, 6.07) is 6.43. The Morgan fingerprint density at radius 3 is 2.12 bits per heavy atom. The Kier molecular flexibility index (Phi) is 8.70. The molecule has 1 atom stereocenters. The molecule has 2 aromatic rings. The van der Waals surface area contributed by atoms with Crippen molar-refractivity contribution in [3.63, 3.8) is 0 Å². The molecule has 1 aromatic heterocycles. The van der Waals surface area contributed by atoms with Crippen molar-refractivity contribution in [2.75, 3.05) is 40.9 Å². The van der Waals surface area contributed by atoms with Crippen LogP contribution >= 0.6 is 7.37 Å². The highest BCUT2D eigenvalue weighted by atomic mass is 32.2. The van der Waals surface area contributed by atoms with Crippen LogP contribution in [-0.2, 0) is 30.0 Å². The van der Waals surface area contributed by atoms with Crippen LogP contribution in [0.15, 0.2) is 24.3 Å². The summed E-state index contributed by atoms with van der Waals surface area (Å²) in [6.07, 6.45) is 0.935. The zero-order valence-corrected chi connectivity index (χ0v) is 20.5. The number of pyridine rings is 1. The van der Waals surface area contributed by atoms with Crippen molar-refractivity contribution in [3.8, 4) is 29.1 Å². The third-order valence-corrected chi connectivity index (χ3v) is 6.48. The van der Waals surface area contributed by atoms with Crippen molar-refractivity contribution in [2.45, 2.75) is 13.5 Å². The lowest BCUT2D eigenvalue weighted by Crippen LogP contribution is -2.15. The van der Waals surface area contributed by atoms with E-state index in [-0.39, 0.29) is 24.3 Å². The van der Waals surface area contributed by atoms with Gasteiger partial charge in [-0.3, -0.25) is 8.75 Å². The third kappa shape index (κ3) is 6.97. The molecule has 0 fully saturated rings. The lowest BCUT2D eigenvalue weighted by molar-refractivity contribution is 0.307. The molecule has 0 saturated heterocycles. The van der Waals surface area contributed by atoms with E-state index in [1.165, 1.54) is 34.1 Å². The number of benzene rings is 1. The Balaban J connectivity index is 2.59. The first-order valence-corrected chi connectivity index (χ1v) is 13.3. The average molecular weight is 483 g/mol. The van der Waals surface area contributed by atoms with Gasteiger partial charge in [0.25, 0.3) is 10.1 Å². The second-order valence-corrected chi connectivity index (χ2v) is 10.6. The first-order valence-electron chi connectivity index (χ1n) is 9.43. The van der Waals surface area contributed by atoms with Crippen LogP contribution in [0.4, 0.5) is 0 Å². The molecule has 0 aliphatic carbocycles. The van der Waals surface area contributed by atoms with Gasteiger partial charge in [0.2, 0.25) is 7.37 Å². The van der Waals surface area contributed by atoms with Gasteiger partial charge in [-0.15, -0.1) is 0 Å². The van der Waals surface area contributed by atoms with Gasteiger partial charge in [-0.1, -0.05) is 11.8 Å². The van der Waals surface area contributed by atoms with Crippen LogP contribution in [0.25, 0.3) is 0 Å². The number of hydrogen-bond donors (Lipinski definition) is 0. The molecule has 174 valence electrons. The fourth-order valence-corrected chi connectivity index (χ4v) is 4.31. The topological polar surface area (TPSA) is 110 Å². The van der Waals surface area contributed by atoms with Crippen molar-refractivity contribution in [3.05, 3.63) is 41.1 Å². The van der Waals surface area contributed by atoms with E-state index < -0.39 is 17.5 Å². The maximum Gasteiger partial charge on any atom is 0.264 e. The number of methoxy groups -OCH3 is 3. The Bertz CT molecular complexity index is 1160. The van der Waals surface area contributed by atoms with Crippen molar-refractivity contribution in [1.82, 2.24) is 4.98 Å². The third-order valence-electron chi connectivity index (χ3n) is 4.12. The summed E-state index contributed by atoms with van der Waals surface area (Å²) in [5, 5.41) is 0. The zero-order chi connectivity index (χ0) is 23.9. The summed E-state index contributed by atoms with van der Waals surface area (Å²) in [4.78, 5) is 4.26. The van der Waals surface area contributed by atoms with Crippen LogP contribution in [0.2, 0.25) is 0 Å². The van der Waals surface area contributed by atoms with Gasteiger partial charge in [0, 0.05) is 24.4 Å². The van der Waals surface area contributed by atoms with Crippen LogP contribution in [-0.4, -0.2) is 54.3 Å². The maximum atomic E-state index is 12.9. The lowest BCUT2D eigenvalue weighted by Gasteiger charge is -2.14. The van der Waals surface area contributed by atoms with Crippen molar-refractivity contribution in [1.29, 1.82) is 0 Å². The maximum absolute atomic E-state index is 12.9. The molecule has 0 N–H and O–H groups in total. The van der Waals surface area contributed by atoms with Gasteiger partial charge in [-0.05, 0) is 19.1 Å². The summed E-state index contributed by atoms with van der Waals surface area (Å²) < 4.78 is 61.9. The second kappa shape index (κ2) is 10.8. The van der Waals surface area contributed by atoms with E-state index in [1.54, 1.807) is 25.1 Å². The van der Waals surface area contributed by atoms with E-state index in [0.29, 0.717) is 28.4 Å². The minimum Gasteiger partial charge on any atom is -0.496 e. The Labute approximate surface area is 188 Å². The van der Waals surface area contributed by atoms with E-state index in [1.807, 2.05) is 0 Å². The molecule has 0 saturated carbocycles. The molecule has 2 rings (SSSR count). The Morgan fingerprint density at radius 1 is 1.00 bits per heavy atom. The van der Waals surface area contributed by atoms with E-state index in [4.69, 9.17) is 22.9 Å². The fourth-order valence-electron chi connectivity index (χ4n) is 2.67. The standard InChI is InChI=1S/C21H26NO8PS/c1-7-29-31(5,23)21-11-15(10-16(22-21)14-30-32(6,24)25)8-9-18-19(27-3)12-17(26-2)13-20(18)28-4/h10-13H,7,14H2,1-6H3. The van der Waals surface area contributed by atoms with Gasteiger partial charge in [0.1, 0.15) is 34.9 Å². The SMILES string of the molecule is CCOP(C)(=O)c1cc(C#Cc2c(OC)cc(OC)cc2OC)cc(COS(C)(=O)=O)n1. The van der Waals surface area contributed by atoms with E-state index in [9.17, 15) is 13.0 Å². The molecule has 0 spiro atoms. The minimum absolute atomic E-state index is 0.159. The Hall–Kier alpha value is -2.57. The molecule has 1 aromatic carbocycles. The van der Waals surface area contributed by atoms with E-state index in [0.717, 1.165) is 6.26 Å². The average Bonchev–Trinajstić information content (AvgIpc) is 2.75. The molecule has 1 heterocycles. The number of ether oxygens (including phenoxy) is 3. The molecule has 0 bridgehead atoms. The second-order valence-electron chi connectivity index (χ2n) is 6.59. The van der Waals surface area contributed by atoms with Gasteiger partial charge in [-0.25, -0.2) is 4.98 Å². The highest BCUT2D eigenvalue weighted by molar-refractivity contribution is 7.85. The summed E-state index contributed by atoms with van der Waals surface area (Å²) in [5.74, 6) is 7.38. The van der Waals surface area contributed by atoms with Crippen molar-refractivity contribution < 1.29 is 35.9 Å². The van der Waals surface area contributed by atoms with Gasteiger partial charge in [0.15, 0.2) is 0 Å². The first-order chi connectivity index (χ1) is 15.0. The quantitative estimate of drug-likeness (QED) is 0.302.